The van der Waals surface area contributed by atoms with Gasteiger partial charge in [0.1, 0.15) is 10.0 Å². The molecular weight excluding hydrogens is 531 g/mol. The van der Waals surface area contributed by atoms with Crippen LogP contribution in [0, 0.1) is 0 Å². The van der Waals surface area contributed by atoms with Crippen molar-refractivity contribution in [1.29, 1.82) is 0 Å². The third kappa shape index (κ3) is 7.71. The number of ether oxygens (including phenoxy) is 1. The summed E-state index contributed by atoms with van der Waals surface area (Å²) in [7, 11) is 1.97. The molecule has 1 saturated heterocycles. The first-order chi connectivity index (χ1) is 17.6. The van der Waals surface area contributed by atoms with E-state index in [2.05, 4.69) is 25.2 Å². The number of rotatable bonds is 8. The normalized spacial score (nSPS) is 14.9. The molecule has 0 atom stereocenters. The minimum Gasteiger partial charge on any atom is -0.404 e. The quantitative estimate of drug-likeness (QED) is 0.415. The highest BCUT2D eigenvalue weighted by Gasteiger charge is 2.33. The Balaban J connectivity index is 1.48. The van der Waals surface area contributed by atoms with Crippen LogP contribution in [0.3, 0.4) is 0 Å². The Morgan fingerprint density at radius 2 is 1.78 bits per heavy atom. The second kappa shape index (κ2) is 11.5. The van der Waals surface area contributed by atoms with E-state index in [-0.39, 0.29) is 24.2 Å². The molecule has 0 unspecified atom stereocenters. The van der Waals surface area contributed by atoms with Gasteiger partial charge < -0.3 is 15.0 Å². The Labute approximate surface area is 220 Å². The number of piperazine rings is 1. The Kier molecular flexibility index (Phi) is 8.42. The molecule has 8 nitrogen and oxygen atoms in total. The van der Waals surface area contributed by atoms with E-state index in [0.717, 1.165) is 24.7 Å². The van der Waals surface area contributed by atoms with Crippen molar-refractivity contribution in [3.05, 3.63) is 58.1 Å². The van der Waals surface area contributed by atoms with Gasteiger partial charge in [-0.3, -0.25) is 14.5 Å². The molecule has 37 heavy (non-hydrogen) atoms. The van der Waals surface area contributed by atoms with Gasteiger partial charge in [0.25, 0.3) is 0 Å². The van der Waals surface area contributed by atoms with Crippen LogP contribution < -0.4 is 10.1 Å². The van der Waals surface area contributed by atoms with Crippen LogP contribution >= 0.6 is 22.9 Å². The van der Waals surface area contributed by atoms with Gasteiger partial charge in [0.05, 0.1) is 18.7 Å². The number of alkyl halides is 3. The molecule has 1 aliphatic heterocycles. The van der Waals surface area contributed by atoms with Gasteiger partial charge in [0, 0.05) is 42.3 Å². The number of amides is 1. The second-order valence-corrected chi connectivity index (χ2v) is 9.99. The maximum atomic E-state index is 12.9. The van der Waals surface area contributed by atoms with Gasteiger partial charge in [-0.2, -0.15) is 0 Å². The average molecular weight is 554 g/mol. The minimum atomic E-state index is -4.97. The number of carbonyl (C=O) groups is 2. The first-order valence-electron chi connectivity index (χ1n) is 11.3. The van der Waals surface area contributed by atoms with Gasteiger partial charge in [0.2, 0.25) is 5.91 Å². The van der Waals surface area contributed by atoms with Crippen LogP contribution in [0.25, 0.3) is 10.6 Å². The van der Waals surface area contributed by atoms with Gasteiger partial charge >= 0.3 is 6.36 Å². The van der Waals surface area contributed by atoms with Crippen molar-refractivity contribution in [3.8, 4) is 16.3 Å². The lowest BCUT2D eigenvalue weighted by atomic mass is 10.1. The van der Waals surface area contributed by atoms with E-state index in [0.29, 0.717) is 28.1 Å². The summed E-state index contributed by atoms with van der Waals surface area (Å²) in [6.07, 6.45) is -5.08. The molecule has 3 aromatic rings. The van der Waals surface area contributed by atoms with E-state index in [4.69, 9.17) is 11.6 Å². The molecule has 196 valence electrons. The SMILES string of the molecule is CN1CCN(CC(=O)Nc2cc(C(=O)Cc3nnc(-c4ccc(Cl)cc4)s3)ccc2OC(F)(F)F)CC1. The number of Topliss-reactive ketones (excluding diaryl/α,β-unsaturated/α-hetero) is 1. The van der Waals surface area contributed by atoms with Crippen LogP contribution in [0.4, 0.5) is 18.9 Å². The molecule has 0 radical (unpaired) electrons. The molecule has 1 N–H and O–H groups in total. The molecule has 4 rings (SSSR count). The molecular formula is C24H23ClF3N5O3S. The third-order valence-corrected chi connectivity index (χ3v) is 6.86. The maximum absolute atomic E-state index is 12.9. The van der Waals surface area contributed by atoms with Crippen molar-refractivity contribution in [2.45, 2.75) is 12.8 Å². The van der Waals surface area contributed by atoms with Crippen LogP contribution in [-0.2, 0) is 11.2 Å². The van der Waals surface area contributed by atoms with Crippen LogP contribution in [0.2, 0.25) is 5.02 Å². The molecule has 0 saturated carbocycles. The van der Waals surface area contributed by atoms with Gasteiger partial charge in [-0.1, -0.05) is 35.1 Å². The molecule has 0 bridgehead atoms. The molecule has 2 heterocycles. The third-order valence-electron chi connectivity index (χ3n) is 5.63. The highest BCUT2D eigenvalue weighted by molar-refractivity contribution is 7.14. The van der Waals surface area contributed by atoms with E-state index in [1.807, 2.05) is 11.9 Å². The number of carbonyl (C=O) groups excluding carboxylic acids is 2. The molecule has 1 aromatic heterocycles. The first-order valence-corrected chi connectivity index (χ1v) is 12.5. The number of hydrogen-bond acceptors (Lipinski definition) is 8. The number of hydrogen-bond donors (Lipinski definition) is 1. The molecule has 0 aliphatic carbocycles. The van der Waals surface area contributed by atoms with Crippen LogP contribution in [0.15, 0.2) is 42.5 Å². The molecule has 13 heteroatoms. The lowest BCUT2D eigenvalue weighted by molar-refractivity contribution is -0.274. The van der Waals surface area contributed by atoms with E-state index >= 15 is 0 Å². The number of aromatic nitrogens is 2. The number of ketones is 1. The fourth-order valence-corrected chi connectivity index (χ4v) is 4.66. The van der Waals surface area contributed by atoms with Crippen LogP contribution in [0.5, 0.6) is 5.75 Å². The zero-order valence-corrected chi connectivity index (χ0v) is 21.3. The average Bonchev–Trinajstić information content (AvgIpc) is 3.29. The minimum absolute atomic E-state index is 0.00965. The summed E-state index contributed by atoms with van der Waals surface area (Å²) in [5, 5.41) is 12.2. The Morgan fingerprint density at radius 3 is 2.46 bits per heavy atom. The summed E-state index contributed by atoms with van der Waals surface area (Å²) in [5.74, 6) is -1.50. The van der Waals surface area contributed by atoms with Gasteiger partial charge in [-0.05, 0) is 37.4 Å². The Morgan fingerprint density at radius 1 is 1.08 bits per heavy atom. The number of benzene rings is 2. The Hall–Kier alpha value is -3.06. The van der Waals surface area contributed by atoms with Crippen LogP contribution in [0.1, 0.15) is 15.4 Å². The van der Waals surface area contributed by atoms with Crippen molar-refractivity contribution in [2.75, 3.05) is 45.1 Å². The summed E-state index contributed by atoms with van der Waals surface area (Å²) in [4.78, 5) is 29.5. The number of likely N-dealkylation sites (N-methyl/N-ethyl adjacent to an activating group) is 1. The topological polar surface area (TPSA) is 87.7 Å². The first kappa shape index (κ1) is 27.0. The summed E-state index contributed by atoms with van der Waals surface area (Å²) in [5.41, 5.74) is 0.661. The lowest BCUT2D eigenvalue weighted by Crippen LogP contribution is -2.47. The molecule has 1 amide bonds. The Bertz CT molecular complexity index is 1260. The lowest BCUT2D eigenvalue weighted by Gasteiger charge is -2.31. The van der Waals surface area contributed by atoms with Gasteiger partial charge in [-0.25, -0.2) is 0 Å². The zero-order valence-electron chi connectivity index (χ0n) is 19.7. The fourth-order valence-electron chi connectivity index (χ4n) is 3.69. The standard InChI is InChI=1S/C24H23ClF3N5O3S/c1-32-8-10-33(11-9-32)14-21(35)29-18-12-16(4-7-20(18)36-24(26,27)28)19(34)13-22-30-31-23(37-22)15-2-5-17(25)6-3-15/h2-7,12H,8-11,13-14H2,1H3,(H,29,35). The van der Waals surface area contributed by atoms with Crippen molar-refractivity contribution >= 4 is 40.3 Å². The monoisotopic (exact) mass is 553 g/mol. The molecule has 1 aliphatic rings. The van der Waals surface area contributed by atoms with Gasteiger partial charge in [0.15, 0.2) is 11.5 Å². The molecule has 2 aromatic carbocycles. The predicted octanol–water partition coefficient (Wildman–Crippen LogP) is 4.37. The number of nitrogens with one attached hydrogen (secondary N) is 1. The fraction of sp³-hybridized carbons (Fsp3) is 0.333. The predicted molar refractivity (Wildman–Crippen MR) is 134 cm³/mol. The highest BCUT2D eigenvalue weighted by atomic mass is 35.5. The van der Waals surface area contributed by atoms with Crippen molar-refractivity contribution in [3.63, 3.8) is 0 Å². The van der Waals surface area contributed by atoms with Gasteiger partial charge in [-0.15, -0.1) is 23.4 Å². The van der Waals surface area contributed by atoms with Crippen molar-refractivity contribution in [1.82, 2.24) is 20.0 Å². The van der Waals surface area contributed by atoms with E-state index in [1.165, 1.54) is 23.5 Å². The van der Waals surface area contributed by atoms with E-state index in [9.17, 15) is 22.8 Å². The van der Waals surface area contributed by atoms with E-state index in [1.54, 1.807) is 24.3 Å². The summed E-state index contributed by atoms with van der Waals surface area (Å²) < 4.78 is 42.9. The smallest absolute Gasteiger partial charge is 0.404 e. The molecule has 0 spiro atoms. The summed E-state index contributed by atoms with van der Waals surface area (Å²) >= 11 is 7.13. The maximum Gasteiger partial charge on any atom is 0.573 e. The zero-order chi connectivity index (χ0) is 26.6. The van der Waals surface area contributed by atoms with Crippen LogP contribution in [-0.4, -0.2) is 77.8 Å². The number of nitrogens with zero attached hydrogens (tertiary/aromatic N) is 4. The summed E-state index contributed by atoms with van der Waals surface area (Å²) in [6, 6.07) is 10.4. The number of halogens is 4. The highest BCUT2D eigenvalue weighted by Crippen LogP contribution is 2.32. The number of anilines is 1. The van der Waals surface area contributed by atoms with Crippen molar-refractivity contribution < 1.29 is 27.5 Å². The van der Waals surface area contributed by atoms with E-state index < -0.39 is 23.8 Å². The molecule has 1 fully saturated rings. The second-order valence-electron chi connectivity index (χ2n) is 8.49. The summed E-state index contributed by atoms with van der Waals surface area (Å²) in [6.45, 7) is 2.90. The van der Waals surface area contributed by atoms with Crippen molar-refractivity contribution in [2.24, 2.45) is 0 Å². The largest absolute Gasteiger partial charge is 0.573 e.